The second-order valence-corrected chi connectivity index (χ2v) is 10.1. The lowest BCUT2D eigenvalue weighted by Gasteiger charge is -2.19. The molecular formula is C26H31F3IN3O2. The first-order valence-corrected chi connectivity index (χ1v) is 12.9. The van der Waals surface area contributed by atoms with Crippen LogP contribution >= 0.6 is 22.6 Å². The number of amides is 1. The highest BCUT2D eigenvalue weighted by atomic mass is 127. The molecule has 0 spiro atoms. The molecule has 2 aromatic carbocycles. The first kappa shape index (κ1) is 27.3. The van der Waals surface area contributed by atoms with E-state index in [9.17, 15) is 18.0 Å². The van der Waals surface area contributed by atoms with Gasteiger partial charge in [-0.1, -0.05) is 40.8 Å². The van der Waals surface area contributed by atoms with Crippen LogP contribution in [0, 0.1) is 0 Å². The van der Waals surface area contributed by atoms with Gasteiger partial charge in [0.25, 0.3) is 5.91 Å². The maximum Gasteiger partial charge on any atom is 0.573 e. The number of rotatable bonds is 10. The summed E-state index contributed by atoms with van der Waals surface area (Å²) in [5.74, 6) is -0.309. The van der Waals surface area contributed by atoms with Crippen LogP contribution in [0.25, 0.3) is 5.57 Å². The summed E-state index contributed by atoms with van der Waals surface area (Å²) in [6.45, 7) is 4.74. The van der Waals surface area contributed by atoms with Gasteiger partial charge >= 0.3 is 6.36 Å². The van der Waals surface area contributed by atoms with Crippen LogP contribution in [0.3, 0.4) is 0 Å². The Kier molecular flexibility index (Phi) is 9.09. The normalized spacial score (nSPS) is 14.0. The van der Waals surface area contributed by atoms with Crippen LogP contribution in [0.1, 0.15) is 39.5 Å². The fraction of sp³-hybridized carbons (Fsp3) is 0.423. The number of halogens is 4. The highest BCUT2D eigenvalue weighted by Crippen LogP contribution is 2.32. The number of carbonyl (C=O) groups is 1. The Hall–Kier alpha value is -2.27. The third-order valence-electron chi connectivity index (χ3n) is 5.83. The number of likely N-dealkylation sites (N-methyl/N-ethyl adjacent to an activating group) is 2. The molecule has 9 heteroatoms. The zero-order chi connectivity index (χ0) is 25.8. The molecule has 0 radical (unpaired) electrons. The van der Waals surface area contributed by atoms with E-state index in [4.69, 9.17) is 0 Å². The Morgan fingerprint density at radius 1 is 1.14 bits per heavy atom. The van der Waals surface area contributed by atoms with E-state index in [-0.39, 0.29) is 11.7 Å². The number of fused-ring (bicyclic) bond motifs is 1. The third-order valence-corrected chi connectivity index (χ3v) is 6.37. The summed E-state index contributed by atoms with van der Waals surface area (Å²) < 4.78 is 42.1. The van der Waals surface area contributed by atoms with Crippen molar-refractivity contribution in [1.82, 2.24) is 14.7 Å². The molecule has 0 fully saturated rings. The van der Waals surface area contributed by atoms with Gasteiger partial charge in [-0.3, -0.25) is 4.79 Å². The largest absolute Gasteiger partial charge is 0.573 e. The third kappa shape index (κ3) is 7.60. The van der Waals surface area contributed by atoms with Crippen LogP contribution in [0.4, 0.5) is 13.2 Å². The van der Waals surface area contributed by atoms with E-state index in [2.05, 4.69) is 83.5 Å². The number of benzene rings is 2. The molecule has 1 aliphatic rings. The summed E-state index contributed by atoms with van der Waals surface area (Å²) in [6, 6.07) is 9.88. The van der Waals surface area contributed by atoms with E-state index in [1.807, 2.05) is 0 Å². The van der Waals surface area contributed by atoms with Gasteiger partial charge in [-0.2, -0.15) is 0 Å². The number of alkyl halides is 4. The highest BCUT2D eigenvalue weighted by Gasteiger charge is 2.32. The Morgan fingerprint density at radius 2 is 1.83 bits per heavy atom. The number of allylic oxidation sites excluding steroid dienone is 1. The first-order valence-electron chi connectivity index (χ1n) is 11.4. The van der Waals surface area contributed by atoms with Crippen LogP contribution in [0.5, 0.6) is 5.75 Å². The maximum absolute atomic E-state index is 13.3. The zero-order valence-electron chi connectivity index (χ0n) is 20.5. The lowest BCUT2D eigenvalue weighted by Crippen LogP contribution is -2.25. The number of nitrogens with zero attached hydrogens (tertiary/aromatic N) is 3. The molecule has 0 saturated carbocycles. The van der Waals surface area contributed by atoms with Gasteiger partial charge in [0.2, 0.25) is 0 Å². The number of carbonyl (C=O) groups excluding carboxylic acids is 1. The van der Waals surface area contributed by atoms with Crippen molar-refractivity contribution < 1.29 is 22.7 Å². The maximum atomic E-state index is 13.3. The average molecular weight is 601 g/mol. The Morgan fingerprint density at radius 3 is 2.43 bits per heavy atom. The molecule has 0 unspecified atom stereocenters. The summed E-state index contributed by atoms with van der Waals surface area (Å²) in [5, 5.41) is 0. The van der Waals surface area contributed by atoms with Crippen LogP contribution in [-0.4, -0.2) is 65.6 Å². The molecule has 5 nitrogen and oxygen atoms in total. The van der Waals surface area contributed by atoms with Gasteiger partial charge in [-0.25, -0.2) is 0 Å². The lowest BCUT2D eigenvalue weighted by atomic mass is 9.95. The van der Waals surface area contributed by atoms with Crippen LogP contribution in [0.2, 0.25) is 0 Å². The molecule has 2 aromatic rings. The molecule has 0 atom stereocenters. The number of ether oxygens (including phenoxy) is 1. The summed E-state index contributed by atoms with van der Waals surface area (Å²) in [6.07, 6.45) is -1.80. The molecule has 3 rings (SSSR count). The molecule has 1 heterocycles. The predicted octanol–water partition coefficient (Wildman–Crippen LogP) is 5.57. The van der Waals surface area contributed by atoms with E-state index >= 15 is 0 Å². The summed E-state index contributed by atoms with van der Waals surface area (Å²) in [5.41, 5.74) is 5.77. The van der Waals surface area contributed by atoms with E-state index in [0.29, 0.717) is 13.1 Å². The molecule has 0 aromatic heterocycles. The second-order valence-electron chi connectivity index (χ2n) is 9.06. The Balaban J connectivity index is 1.79. The summed E-state index contributed by atoms with van der Waals surface area (Å²) in [4.78, 5) is 19.3. The van der Waals surface area contributed by atoms with Gasteiger partial charge < -0.3 is 19.4 Å². The SMILES string of the molecule is C/C(=C\N(C)CCN(C)C)c1cc(CCI)c2c(c1)CN(Cc1ccc(OC(F)(F)F)cc1)C2=O. The molecule has 0 bridgehead atoms. The van der Waals surface area contributed by atoms with Gasteiger partial charge in [0, 0.05) is 49.4 Å². The second kappa shape index (κ2) is 11.6. The summed E-state index contributed by atoms with van der Waals surface area (Å²) >= 11 is 2.32. The summed E-state index contributed by atoms with van der Waals surface area (Å²) in [7, 11) is 6.16. The Labute approximate surface area is 218 Å². The van der Waals surface area contributed by atoms with Crippen molar-refractivity contribution in [3.8, 4) is 5.75 Å². The fourth-order valence-electron chi connectivity index (χ4n) is 4.10. The standard InChI is InChI=1S/C26H31F3IN3O2/c1-18(15-32(4)12-11-31(2)3)21-13-20(9-10-30)24-22(14-21)17-33(25(24)34)16-19-5-7-23(8-6-19)35-26(27,28)29/h5-8,13-15H,9-12,16-17H2,1-4H3/b18-15+. The molecule has 1 aliphatic heterocycles. The molecule has 0 aliphatic carbocycles. The molecule has 0 saturated heterocycles. The minimum absolute atomic E-state index is 0.0354. The fourth-order valence-corrected chi connectivity index (χ4v) is 4.68. The monoisotopic (exact) mass is 601 g/mol. The Bertz CT molecular complexity index is 1070. The molecule has 190 valence electrons. The van der Waals surface area contributed by atoms with Crippen molar-refractivity contribution in [3.63, 3.8) is 0 Å². The van der Waals surface area contributed by atoms with Crippen molar-refractivity contribution in [2.75, 3.05) is 38.7 Å². The van der Waals surface area contributed by atoms with E-state index in [1.165, 1.54) is 12.1 Å². The van der Waals surface area contributed by atoms with Crippen LogP contribution in [0.15, 0.2) is 42.6 Å². The average Bonchev–Trinajstić information content (AvgIpc) is 3.08. The van der Waals surface area contributed by atoms with E-state index < -0.39 is 6.36 Å². The molecular weight excluding hydrogens is 570 g/mol. The number of aryl methyl sites for hydroxylation is 1. The van der Waals surface area contributed by atoms with Crippen molar-refractivity contribution in [3.05, 3.63) is 70.4 Å². The van der Waals surface area contributed by atoms with Gasteiger partial charge in [0.15, 0.2) is 0 Å². The minimum atomic E-state index is -4.73. The molecule has 0 N–H and O–H groups in total. The smallest absolute Gasteiger partial charge is 0.406 e. The lowest BCUT2D eigenvalue weighted by molar-refractivity contribution is -0.274. The van der Waals surface area contributed by atoms with Gasteiger partial charge in [0.1, 0.15) is 5.75 Å². The topological polar surface area (TPSA) is 36.0 Å². The van der Waals surface area contributed by atoms with E-state index in [0.717, 1.165) is 57.3 Å². The molecule has 35 heavy (non-hydrogen) atoms. The van der Waals surface area contributed by atoms with Gasteiger partial charge in [-0.05, 0) is 73.5 Å². The number of hydrogen-bond donors (Lipinski definition) is 0. The van der Waals surface area contributed by atoms with E-state index in [1.54, 1.807) is 17.0 Å². The van der Waals surface area contributed by atoms with Crippen molar-refractivity contribution in [1.29, 1.82) is 0 Å². The van der Waals surface area contributed by atoms with Gasteiger partial charge in [-0.15, -0.1) is 13.2 Å². The van der Waals surface area contributed by atoms with Crippen molar-refractivity contribution >= 4 is 34.1 Å². The van der Waals surface area contributed by atoms with Crippen LogP contribution in [-0.2, 0) is 19.5 Å². The zero-order valence-corrected chi connectivity index (χ0v) is 22.6. The predicted molar refractivity (Wildman–Crippen MR) is 141 cm³/mol. The minimum Gasteiger partial charge on any atom is -0.406 e. The number of hydrogen-bond acceptors (Lipinski definition) is 4. The van der Waals surface area contributed by atoms with Gasteiger partial charge in [0.05, 0.1) is 0 Å². The first-order chi connectivity index (χ1) is 16.5. The quantitative estimate of drug-likeness (QED) is 0.264. The highest BCUT2D eigenvalue weighted by molar-refractivity contribution is 14.1. The van der Waals surface area contributed by atoms with Crippen molar-refractivity contribution in [2.24, 2.45) is 0 Å². The molecule has 1 amide bonds. The van der Waals surface area contributed by atoms with Crippen molar-refractivity contribution in [2.45, 2.75) is 32.8 Å². The van der Waals surface area contributed by atoms with Crippen LogP contribution < -0.4 is 4.74 Å².